The van der Waals surface area contributed by atoms with E-state index in [0.717, 1.165) is 5.56 Å². The van der Waals surface area contributed by atoms with Crippen molar-refractivity contribution in [2.45, 2.75) is 25.9 Å². The maximum absolute atomic E-state index is 13.5. The van der Waals surface area contributed by atoms with Gasteiger partial charge in [-0.2, -0.15) is 0 Å². The zero-order chi connectivity index (χ0) is 24.5. The Kier molecular flexibility index (Phi) is 9.63. The van der Waals surface area contributed by atoms with Crippen molar-refractivity contribution >= 4 is 46.6 Å². The van der Waals surface area contributed by atoms with Gasteiger partial charge in [-0.15, -0.1) is 0 Å². The fourth-order valence-corrected chi connectivity index (χ4v) is 4.12. The molecule has 0 unspecified atom stereocenters. The van der Waals surface area contributed by atoms with Crippen LogP contribution in [-0.2, 0) is 22.6 Å². The third-order valence-electron chi connectivity index (χ3n) is 5.17. The third kappa shape index (κ3) is 7.13. The number of likely N-dealkylation sites (N-methyl/N-ethyl adjacent to an activating group) is 1. The van der Waals surface area contributed by atoms with Crippen LogP contribution in [0.1, 0.15) is 18.1 Å². The van der Waals surface area contributed by atoms with E-state index in [-0.39, 0.29) is 25.0 Å². The SMILES string of the molecule is CCNC(=O)[C@H](Cc1ccccc1)N(Cc1ccc(Cl)cc1Cl)C(=O)COc1ccccc1Cl. The lowest BCUT2D eigenvalue weighted by Gasteiger charge is -2.31. The Morgan fingerprint density at radius 2 is 1.65 bits per heavy atom. The lowest BCUT2D eigenvalue weighted by Crippen LogP contribution is -2.51. The van der Waals surface area contributed by atoms with Crippen molar-refractivity contribution in [1.82, 2.24) is 10.2 Å². The number of nitrogens with one attached hydrogen (secondary N) is 1. The van der Waals surface area contributed by atoms with Gasteiger partial charge in [0.15, 0.2) is 6.61 Å². The highest BCUT2D eigenvalue weighted by Gasteiger charge is 2.31. The summed E-state index contributed by atoms with van der Waals surface area (Å²) >= 11 is 18.6. The number of carbonyl (C=O) groups is 2. The summed E-state index contributed by atoms with van der Waals surface area (Å²) < 4.78 is 5.70. The maximum atomic E-state index is 13.5. The molecule has 0 aromatic heterocycles. The molecular formula is C26H25Cl3N2O3. The number of benzene rings is 3. The van der Waals surface area contributed by atoms with E-state index in [4.69, 9.17) is 39.5 Å². The summed E-state index contributed by atoms with van der Waals surface area (Å²) in [6.07, 6.45) is 0.329. The Morgan fingerprint density at radius 1 is 0.941 bits per heavy atom. The molecule has 1 N–H and O–H groups in total. The van der Waals surface area contributed by atoms with Crippen molar-refractivity contribution in [3.8, 4) is 5.75 Å². The van der Waals surface area contributed by atoms with Gasteiger partial charge < -0.3 is 15.0 Å². The summed E-state index contributed by atoms with van der Waals surface area (Å²) in [6.45, 7) is 2.08. The molecule has 5 nitrogen and oxygen atoms in total. The van der Waals surface area contributed by atoms with Gasteiger partial charge in [0, 0.05) is 29.6 Å². The number of ether oxygens (including phenoxy) is 1. The standard InChI is InChI=1S/C26H25Cl3N2O3/c1-2-30-26(33)23(14-18-8-4-3-5-9-18)31(16-19-12-13-20(27)15-22(19)29)25(32)17-34-24-11-7-6-10-21(24)28/h3-13,15,23H,2,14,16-17H2,1H3,(H,30,33)/t23-/m0/s1. The van der Waals surface area contributed by atoms with Crippen molar-refractivity contribution < 1.29 is 14.3 Å². The van der Waals surface area contributed by atoms with Crippen LogP contribution in [0.15, 0.2) is 72.8 Å². The van der Waals surface area contributed by atoms with Crippen LogP contribution in [0.2, 0.25) is 15.1 Å². The topological polar surface area (TPSA) is 58.6 Å². The van der Waals surface area contributed by atoms with Crippen LogP contribution in [0, 0.1) is 0 Å². The predicted molar refractivity (Wildman–Crippen MR) is 137 cm³/mol. The van der Waals surface area contributed by atoms with Crippen LogP contribution in [0.25, 0.3) is 0 Å². The molecule has 0 fully saturated rings. The van der Waals surface area contributed by atoms with Crippen LogP contribution >= 0.6 is 34.8 Å². The van der Waals surface area contributed by atoms with Gasteiger partial charge >= 0.3 is 0 Å². The summed E-state index contributed by atoms with van der Waals surface area (Å²) in [5.41, 5.74) is 1.59. The van der Waals surface area contributed by atoms with Gasteiger partial charge in [0.2, 0.25) is 5.91 Å². The first-order valence-corrected chi connectivity index (χ1v) is 11.9. The smallest absolute Gasteiger partial charge is 0.261 e. The molecule has 3 rings (SSSR count). The Labute approximate surface area is 214 Å². The molecule has 3 aromatic rings. The van der Waals surface area contributed by atoms with E-state index < -0.39 is 6.04 Å². The normalized spacial score (nSPS) is 11.5. The fourth-order valence-electron chi connectivity index (χ4n) is 3.46. The van der Waals surface area contributed by atoms with Crippen molar-refractivity contribution in [2.75, 3.05) is 13.2 Å². The monoisotopic (exact) mass is 518 g/mol. The number of amides is 2. The minimum atomic E-state index is -0.781. The maximum Gasteiger partial charge on any atom is 0.261 e. The second-order valence-corrected chi connectivity index (χ2v) is 8.83. The molecule has 0 radical (unpaired) electrons. The number of rotatable bonds is 10. The molecule has 0 saturated heterocycles. The first-order chi connectivity index (χ1) is 16.4. The van der Waals surface area contributed by atoms with Gasteiger partial charge in [-0.05, 0) is 42.3 Å². The minimum absolute atomic E-state index is 0.106. The van der Waals surface area contributed by atoms with Gasteiger partial charge in [-0.1, -0.05) is 83.3 Å². The molecule has 0 heterocycles. The van der Waals surface area contributed by atoms with E-state index in [1.54, 1.807) is 42.5 Å². The van der Waals surface area contributed by atoms with Crippen LogP contribution in [0.3, 0.4) is 0 Å². The molecular weight excluding hydrogens is 495 g/mol. The zero-order valence-corrected chi connectivity index (χ0v) is 20.9. The average molecular weight is 520 g/mol. The van der Waals surface area contributed by atoms with Gasteiger partial charge in [0.1, 0.15) is 11.8 Å². The molecule has 3 aromatic carbocycles. The van der Waals surface area contributed by atoms with E-state index in [1.165, 1.54) is 4.90 Å². The van der Waals surface area contributed by atoms with Crippen LogP contribution in [-0.4, -0.2) is 35.9 Å². The summed E-state index contributed by atoms with van der Waals surface area (Å²) in [5, 5.41) is 4.13. The fraction of sp³-hybridized carbons (Fsp3) is 0.231. The quantitative estimate of drug-likeness (QED) is 0.368. The van der Waals surface area contributed by atoms with E-state index >= 15 is 0 Å². The minimum Gasteiger partial charge on any atom is -0.482 e. The second-order valence-electron chi connectivity index (χ2n) is 7.58. The first kappa shape index (κ1) is 25.9. The molecule has 0 aliphatic heterocycles. The third-order valence-corrected chi connectivity index (χ3v) is 6.06. The molecule has 0 spiro atoms. The van der Waals surface area contributed by atoms with E-state index in [2.05, 4.69) is 5.32 Å². The Bertz CT molecular complexity index is 1130. The molecule has 178 valence electrons. The zero-order valence-electron chi connectivity index (χ0n) is 18.6. The number of halogens is 3. The van der Waals surface area contributed by atoms with Crippen molar-refractivity contribution in [3.63, 3.8) is 0 Å². The Balaban J connectivity index is 1.93. The molecule has 0 aliphatic rings. The predicted octanol–water partition coefficient (Wildman–Crippen LogP) is 5.80. The Hall–Kier alpha value is -2.73. The number of hydrogen-bond acceptors (Lipinski definition) is 3. The van der Waals surface area contributed by atoms with Crippen molar-refractivity contribution in [3.05, 3.63) is 99.0 Å². The van der Waals surface area contributed by atoms with E-state index in [9.17, 15) is 9.59 Å². The molecule has 0 aliphatic carbocycles. The lowest BCUT2D eigenvalue weighted by molar-refractivity contribution is -0.142. The van der Waals surface area contributed by atoms with Crippen LogP contribution < -0.4 is 10.1 Å². The molecule has 8 heteroatoms. The highest BCUT2D eigenvalue weighted by Crippen LogP contribution is 2.26. The highest BCUT2D eigenvalue weighted by atomic mass is 35.5. The number of carbonyl (C=O) groups excluding carboxylic acids is 2. The average Bonchev–Trinajstić information content (AvgIpc) is 2.82. The number of para-hydroxylation sites is 1. The number of hydrogen-bond donors (Lipinski definition) is 1. The summed E-state index contributed by atoms with van der Waals surface area (Å²) in [4.78, 5) is 28.1. The van der Waals surface area contributed by atoms with Crippen LogP contribution in [0.5, 0.6) is 5.75 Å². The van der Waals surface area contributed by atoms with Gasteiger partial charge in [-0.25, -0.2) is 0 Å². The number of nitrogens with zero attached hydrogens (tertiary/aromatic N) is 1. The summed E-state index contributed by atoms with van der Waals surface area (Å²) in [5.74, 6) is -0.250. The lowest BCUT2D eigenvalue weighted by atomic mass is 10.0. The van der Waals surface area contributed by atoms with E-state index in [0.29, 0.717) is 39.3 Å². The molecule has 2 amide bonds. The van der Waals surface area contributed by atoms with Crippen LogP contribution in [0.4, 0.5) is 0 Å². The van der Waals surface area contributed by atoms with Gasteiger partial charge in [-0.3, -0.25) is 9.59 Å². The molecule has 34 heavy (non-hydrogen) atoms. The van der Waals surface area contributed by atoms with Crippen molar-refractivity contribution in [2.24, 2.45) is 0 Å². The van der Waals surface area contributed by atoms with Gasteiger partial charge in [0.25, 0.3) is 5.91 Å². The first-order valence-electron chi connectivity index (χ1n) is 10.8. The molecule has 0 saturated carbocycles. The molecule has 0 bridgehead atoms. The summed E-state index contributed by atoms with van der Waals surface area (Å²) in [6, 6.07) is 20.7. The largest absolute Gasteiger partial charge is 0.482 e. The summed E-state index contributed by atoms with van der Waals surface area (Å²) in [7, 11) is 0. The molecule has 1 atom stereocenters. The highest BCUT2D eigenvalue weighted by molar-refractivity contribution is 6.35. The Morgan fingerprint density at radius 3 is 2.32 bits per heavy atom. The second kappa shape index (κ2) is 12.7. The van der Waals surface area contributed by atoms with E-state index in [1.807, 2.05) is 37.3 Å². The van der Waals surface area contributed by atoms with Crippen molar-refractivity contribution in [1.29, 1.82) is 0 Å². The van der Waals surface area contributed by atoms with Gasteiger partial charge in [0.05, 0.1) is 5.02 Å².